The van der Waals surface area contributed by atoms with Crippen LogP contribution in [-0.4, -0.2) is 29.9 Å². The van der Waals surface area contributed by atoms with E-state index in [1.807, 2.05) is 0 Å². The number of halogens is 1. The fourth-order valence-corrected chi connectivity index (χ4v) is 2.29. The predicted octanol–water partition coefficient (Wildman–Crippen LogP) is 2.10. The van der Waals surface area contributed by atoms with Gasteiger partial charge in [-0.25, -0.2) is 0 Å². The maximum Gasteiger partial charge on any atom is 0.0379 e. The molecule has 0 spiro atoms. The van der Waals surface area contributed by atoms with E-state index in [1.165, 1.54) is 38.8 Å². The van der Waals surface area contributed by atoms with Crippen LogP contribution in [0.2, 0.25) is 0 Å². The molecular formula is C9H16ClN. The van der Waals surface area contributed by atoms with Crippen LogP contribution < -0.4 is 0 Å². The van der Waals surface area contributed by atoms with E-state index in [9.17, 15) is 0 Å². The van der Waals surface area contributed by atoms with Crippen LogP contribution in [0.15, 0.2) is 0 Å². The molecule has 0 amide bonds. The highest BCUT2D eigenvalue weighted by Crippen LogP contribution is 2.32. The minimum Gasteiger partial charge on any atom is -0.299 e. The summed E-state index contributed by atoms with van der Waals surface area (Å²) in [5, 5.41) is 0. The molecule has 2 fully saturated rings. The van der Waals surface area contributed by atoms with E-state index in [4.69, 9.17) is 11.6 Å². The van der Waals surface area contributed by atoms with Gasteiger partial charge in [0.25, 0.3) is 0 Å². The monoisotopic (exact) mass is 173 g/mol. The summed E-state index contributed by atoms with van der Waals surface area (Å²) in [7, 11) is 0. The van der Waals surface area contributed by atoms with Crippen LogP contribution in [-0.2, 0) is 0 Å². The second-order valence-electron chi connectivity index (χ2n) is 3.89. The first kappa shape index (κ1) is 7.88. The lowest BCUT2D eigenvalue weighted by Crippen LogP contribution is -2.32. The lowest BCUT2D eigenvalue weighted by molar-refractivity contribution is 0.260. The number of hydrogen-bond acceptors (Lipinski definition) is 1. The fraction of sp³-hybridized carbons (Fsp3) is 1.00. The van der Waals surface area contributed by atoms with Crippen molar-refractivity contribution >= 4 is 11.6 Å². The van der Waals surface area contributed by atoms with Gasteiger partial charge in [-0.3, -0.25) is 4.90 Å². The molecule has 1 atom stereocenters. The van der Waals surface area contributed by atoms with Crippen LogP contribution in [0.4, 0.5) is 0 Å². The van der Waals surface area contributed by atoms with Crippen molar-refractivity contribution < 1.29 is 0 Å². The number of likely N-dealkylation sites (tertiary alicyclic amines) is 1. The van der Waals surface area contributed by atoms with Crippen LogP contribution in [0, 0.1) is 5.92 Å². The third-order valence-electron chi connectivity index (χ3n) is 2.87. The summed E-state index contributed by atoms with van der Waals surface area (Å²) in [6.45, 7) is 2.63. The molecule has 0 aromatic heterocycles. The number of alkyl halides is 1. The highest BCUT2D eigenvalue weighted by atomic mass is 35.5. The van der Waals surface area contributed by atoms with Crippen LogP contribution in [0.1, 0.15) is 25.7 Å². The second-order valence-corrected chi connectivity index (χ2v) is 4.20. The van der Waals surface area contributed by atoms with E-state index in [0.717, 1.165) is 11.8 Å². The number of rotatable bonds is 3. The Bertz CT molecular complexity index is 134. The molecule has 0 bridgehead atoms. The van der Waals surface area contributed by atoms with Crippen molar-refractivity contribution in [2.45, 2.75) is 31.7 Å². The van der Waals surface area contributed by atoms with Gasteiger partial charge in [0.2, 0.25) is 0 Å². The highest BCUT2D eigenvalue weighted by molar-refractivity contribution is 6.18. The Kier molecular flexibility index (Phi) is 2.38. The average Bonchev–Trinajstić information content (AvgIpc) is 2.68. The summed E-state index contributed by atoms with van der Waals surface area (Å²) < 4.78 is 0. The Balaban J connectivity index is 1.79. The first-order valence-corrected chi connectivity index (χ1v) is 5.23. The van der Waals surface area contributed by atoms with Crippen LogP contribution in [0.25, 0.3) is 0 Å². The van der Waals surface area contributed by atoms with Gasteiger partial charge >= 0.3 is 0 Å². The van der Waals surface area contributed by atoms with Gasteiger partial charge in [0, 0.05) is 18.5 Å². The summed E-state index contributed by atoms with van der Waals surface area (Å²) in [5.74, 6) is 1.87. The molecule has 1 unspecified atom stereocenters. The Morgan fingerprint density at radius 3 is 2.73 bits per heavy atom. The number of nitrogens with zero attached hydrogens (tertiary/aromatic N) is 1. The molecule has 0 aromatic rings. The third-order valence-corrected chi connectivity index (χ3v) is 3.22. The molecule has 1 aliphatic heterocycles. The minimum atomic E-state index is 0.706. The topological polar surface area (TPSA) is 3.24 Å². The summed E-state index contributed by atoms with van der Waals surface area (Å²) in [6, 6.07) is 0.706. The van der Waals surface area contributed by atoms with Crippen molar-refractivity contribution in [1.29, 1.82) is 0 Å². The molecule has 64 valence electrons. The molecule has 1 heterocycles. The zero-order valence-corrected chi connectivity index (χ0v) is 7.69. The van der Waals surface area contributed by atoms with Crippen molar-refractivity contribution in [3.8, 4) is 0 Å². The van der Waals surface area contributed by atoms with Gasteiger partial charge in [0.15, 0.2) is 0 Å². The molecule has 1 saturated heterocycles. The molecular weight excluding hydrogens is 158 g/mol. The maximum atomic E-state index is 5.86. The maximum absolute atomic E-state index is 5.86. The summed E-state index contributed by atoms with van der Waals surface area (Å²) >= 11 is 5.86. The molecule has 1 aliphatic carbocycles. The van der Waals surface area contributed by atoms with E-state index in [0.29, 0.717) is 6.04 Å². The molecule has 0 radical (unpaired) electrons. The molecule has 0 aromatic carbocycles. The van der Waals surface area contributed by atoms with E-state index in [1.54, 1.807) is 0 Å². The number of hydrogen-bond donors (Lipinski definition) is 0. The summed E-state index contributed by atoms with van der Waals surface area (Å²) in [5.41, 5.74) is 0. The zero-order chi connectivity index (χ0) is 7.68. The zero-order valence-electron chi connectivity index (χ0n) is 6.93. The van der Waals surface area contributed by atoms with Crippen molar-refractivity contribution in [1.82, 2.24) is 4.90 Å². The fourth-order valence-electron chi connectivity index (χ4n) is 1.94. The lowest BCUT2D eigenvalue weighted by Gasteiger charge is -2.21. The van der Waals surface area contributed by atoms with E-state index in [-0.39, 0.29) is 0 Å². The van der Waals surface area contributed by atoms with Crippen molar-refractivity contribution in [2.24, 2.45) is 5.92 Å². The van der Waals surface area contributed by atoms with Crippen LogP contribution in [0.5, 0.6) is 0 Å². The van der Waals surface area contributed by atoms with E-state index >= 15 is 0 Å². The van der Waals surface area contributed by atoms with Crippen molar-refractivity contribution in [2.75, 3.05) is 19.0 Å². The average molecular weight is 174 g/mol. The van der Waals surface area contributed by atoms with Gasteiger partial charge in [-0.05, 0) is 38.1 Å². The minimum absolute atomic E-state index is 0.706. The Labute approximate surface area is 73.7 Å². The Morgan fingerprint density at radius 1 is 1.27 bits per heavy atom. The van der Waals surface area contributed by atoms with Crippen LogP contribution in [0.3, 0.4) is 0 Å². The predicted molar refractivity (Wildman–Crippen MR) is 48.0 cm³/mol. The van der Waals surface area contributed by atoms with Crippen LogP contribution >= 0.6 is 11.6 Å². The van der Waals surface area contributed by atoms with E-state index in [2.05, 4.69) is 4.90 Å². The molecule has 2 heteroatoms. The SMILES string of the molecule is ClCC1CCCN1CC1CC1. The molecule has 1 nitrogen and oxygen atoms in total. The first-order valence-electron chi connectivity index (χ1n) is 4.70. The van der Waals surface area contributed by atoms with Gasteiger partial charge in [-0.1, -0.05) is 0 Å². The third kappa shape index (κ3) is 1.88. The van der Waals surface area contributed by atoms with Gasteiger partial charge in [-0.2, -0.15) is 0 Å². The molecule has 2 aliphatic rings. The molecule has 0 N–H and O–H groups in total. The van der Waals surface area contributed by atoms with Gasteiger partial charge < -0.3 is 0 Å². The second kappa shape index (κ2) is 3.32. The molecule has 2 rings (SSSR count). The standard InChI is InChI=1S/C9H16ClN/c10-6-9-2-1-5-11(9)7-8-3-4-8/h8-9H,1-7H2. The van der Waals surface area contributed by atoms with E-state index < -0.39 is 0 Å². The van der Waals surface area contributed by atoms with Gasteiger partial charge in [0.05, 0.1) is 0 Å². The summed E-state index contributed by atoms with van der Waals surface area (Å²) in [6.07, 6.45) is 5.62. The quantitative estimate of drug-likeness (QED) is 0.591. The smallest absolute Gasteiger partial charge is 0.0379 e. The highest BCUT2D eigenvalue weighted by Gasteiger charge is 2.30. The first-order chi connectivity index (χ1) is 5.40. The van der Waals surface area contributed by atoms with Crippen molar-refractivity contribution in [3.63, 3.8) is 0 Å². The summed E-state index contributed by atoms with van der Waals surface area (Å²) in [4.78, 5) is 2.59. The molecule has 1 saturated carbocycles. The van der Waals surface area contributed by atoms with Gasteiger partial charge in [-0.15, -0.1) is 11.6 Å². The normalized spacial score (nSPS) is 33.0. The largest absolute Gasteiger partial charge is 0.299 e. The van der Waals surface area contributed by atoms with Crippen molar-refractivity contribution in [3.05, 3.63) is 0 Å². The molecule has 11 heavy (non-hydrogen) atoms. The van der Waals surface area contributed by atoms with Gasteiger partial charge in [0.1, 0.15) is 0 Å². The Morgan fingerprint density at radius 2 is 2.09 bits per heavy atom. The Hall–Kier alpha value is 0.250. The lowest BCUT2D eigenvalue weighted by atomic mass is 10.2.